The summed E-state index contributed by atoms with van der Waals surface area (Å²) >= 11 is 0. The molecule has 1 aromatic rings. The number of hydrogen-bond donors (Lipinski definition) is 1. The molecular formula is C11H14N2O2. The summed E-state index contributed by atoms with van der Waals surface area (Å²) in [5.41, 5.74) is 6.39. The third kappa shape index (κ3) is 1.33. The quantitative estimate of drug-likeness (QED) is 0.595. The molecule has 1 aromatic carbocycles. The minimum absolute atomic E-state index is 0.0425. The number of benzene rings is 1. The normalized spacial score (nSPS) is 27.4. The highest BCUT2D eigenvalue weighted by Gasteiger charge is 2.61. The molecule has 2 rings (SSSR count). The highest BCUT2D eigenvalue weighted by atomic mass is 16.6. The summed E-state index contributed by atoms with van der Waals surface area (Å²) in [5, 5.41) is 10.9. The molecule has 0 spiro atoms. The van der Waals surface area contributed by atoms with Crippen LogP contribution in [-0.2, 0) is 5.54 Å². The molecule has 1 aliphatic carbocycles. The van der Waals surface area contributed by atoms with Gasteiger partial charge in [-0.3, -0.25) is 10.1 Å². The first kappa shape index (κ1) is 10.1. The lowest BCUT2D eigenvalue weighted by atomic mass is 9.96. The second-order valence-corrected chi connectivity index (χ2v) is 4.81. The summed E-state index contributed by atoms with van der Waals surface area (Å²) in [4.78, 5) is 10.5. The van der Waals surface area contributed by atoms with Crippen LogP contribution in [0, 0.1) is 15.5 Å². The van der Waals surface area contributed by atoms with E-state index in [4.69, 9.17) is 5.73 Å². The van der Waals surface area contributed by atoms with Crippen LogP contribution in [0.2, 0.25) is 0 Å². The van der Waals surface area contributed by atoms with E-state index in [-0.39, 0.29) is 16.0 Å². The second-order valence-electron chi connectivity index (χ2n) is 4.81. The van der Waals surface area contributed by atoms with Crippen molar-refractivity contribution in [2.75, 3.05) is 0 Å². The molecule has 4 nitrogen and oxygen atoms in total. The van der Waals surface area contributed by atoms with Gasteiger partial charge in [0.1, 0.15) is 0 Å². The van der Waals surface area contributed by atoms with Crippen LogP contribution >= 0.6 is 0 Å². The van der Waals surface area contributed by atoms with E-state index in [0.717, 1.165) is 6.42 Å². The maximum atomic E-state index is 10.9. The molecule has 1 saturated carbocycles. The van der Waals surface area contributed by atoms with E-state index in [1.807, 2.05) is 13.8 Å². The standard InChI is InChI=1S/C11H14N2O2/c1-10(2)7-11(10,12)8-5-3-4-6-9(8)13(14)15/h3-6H,7,12H2,1-2H3. The van der Waals surface area contributed by atoms with Crippen molar-refractivity contribution >= 4 is 5.69 Å². The molecule has 2 N–H and O–H groups in total. The molecule has 0 radical (unpaired) electrons. The highest BCUT2D eigenvalue weighted by Crippen LogP contribution is 2.61. The first-order valence-corrected chi connectivity index (χ1v) is 4.91. The summed E-state index contributed by atoms with van der Waals surface area (Å²) in [6.45, 7) is 4.06. The molecule has 0 heterocycles. The van der Waals surface area contributed by atoms with E-state index in [2.05, 4.69) is 0 Å². The molecule has 4 heteroatoms. The van der Waals surface area contributed by atoms with Gasteiger partial charge in [0.2, 0.25) is 0 Å². The van der Waals surface area contributed by atoms with Crippen LogP contribution in [0.15, 0.2) is 24.3 Å². The Bertz CT molecular complexity index is 428. The van der Waals surface area contributed by atoms with Gasteiger partial charge in [-0.25, -0.2) is 0 Å². The predicted molar refractivity (Wildman–Crippen MR) is 57.4 cm³/mol. The van der Waals surface area contributed by atoms with Gasteiger partial charge in [-0.2, -0.15) is 0 Å². The fourth-order valence-electron chi connectivity index (χ4n) is 2.12. The number of nitro groups is 1. The summed E-state index contributed by atoms with van der Waals surface area (Å²) < 4.78 is 0. The van der Waals surface area contributed by atoms with Crippen molar-refractivity contribution in [1.82, 2.24) is 0 Å². The van der Waals surface area contributed by atoms with Crippen molar-refractivity contribution in [3.63, 3.8) is 0 Å². The van der Waals surface area contributed by atoms with Gasteiger partial charge in [-0.05, 0) is 11.8 Å². The Morgan fingerprint density at radius 2 is 1.93 bits per heavy atom. The highest BCUT2D eigenvalue weighted by molar-refractivity contribution is 5.49. The fourth-order valence-corrected chi connectivity index (χ4v) is 2.12. The molecule has 0 saturated heterocycles. The first-order valence-electron chi connectivity index (χ1n) is 4.91. The topological polar surface area (TPSA) is 69.2 Å². The van der Waals surface area contributed by atoms with Crippen molar-refractivity contribution in [3.05, 3.63) is 39.9 Å². The molecular weight excluding hydrogens is 192 g/mol. The molecule has 0 aromatic heterocycles. The monoisotopic (exact) mass is 206 g/mol. The van der Waals surface area contributed by atoms with Gasteiger partial charge in [0.25, 0.3) is 5.69 Å². The van der Waals surface area contributed by atoms with Crippen LogP contribution in [0.3, 0.4) is 0 Å². The minimum atomic E-state index is -0.531. The van der Waals surface area contributed by atoms with Gasteiger partial charge in [0.15, 0.2) is 0 Å². The van der Waals surface area contributed by atoms with E-state index < -0.39 is 5.54 Å². The van der Waals surface area contributed by atoms with Crippen LogP contribution < -0.4 is 5.73 Å². The molecule has 1 atom stereocenters. The third-order valence-corrected chi connectivity index (χ3v) is 3.38. The Labute approximate surface area is 88.2 Å². The average Bonchev–Trinajstić information content (AvgIpc) is 2.67. The maximum Gasteiger partial charge on any atom is 0.274 e. The number of nitrogens with zero attached hydrogens (tertiary/aromatic N) is 1. The number of hydrogen-bond acceptors (Lipinski definition) is 3. The number of nitro benzene ring substituents is 1. The van der Waals surface area contributed by atoms with Gasteiger partial charge in [-0.15, -0.1) is 0 Å². The SMILES string of the molecule is CC1(C)CC1(N)c1ccccc1[N+](=O)[O-]. The van der Waals surface area contributed by atoms with Crippen molar-refractivity contribution in [2.45, 2.75) is 25.8 Å². The zero-order valence-electron chi connectivity index (χ0n) is 8.86. The van der Waals surface area contributed by atoms with Gasteiger partial charge in [0.05, 0.1) is 16.0 Å². The Balaban J connectivity index is 2.51. The van der Waals surface area contributed by atoms with Crippen LogP contribution in [0.4, 0.5) is 5.69 Å². The van der Waals surface area contributed by atoms with Gasteiger partial charge < -0.3 is 5.73 Å². The van der Waals surface area contributed by atoms with Crippen LogP contribution in [0.1, 0.15) is 25.8 Å². The minimum Gasteiger partial charge on any atom is -0.321 e. The maximum absolute atomic E-state index is 10.9. The summed E-state index contributed by atoms with van der Waals surface area (Å²) in [6.07, 6.45) is 0.796. The summed E-state index contributed by atoms with van der Waals surface area (Å²) in [5.74, 6) is 0. The van der Waals surface area contributed by atoms with Crippen molar-refractivity contribution in [3.8, 4) is 0 Å². The van der Waals surface area contributed by atoms with E-state index in [1.54, 1.807) is 18.2 Å². The summed E-state index contributed by atoms with van der Waals surface area (Å²) in [6, 6.07) is 6.73. The third-order valence-electron chi connectivity index (χ3n) is 3.38. The van der Waals surface area contributed by atoms with Crippen molar-refractivity contribution < 1.29 is 4.92 Å². The van der Waals surface area contributed by atoms with E-state index >= 15 is 0 Å². The van der Waals surface area contributed by atoms with Crippen molar-refractivity contribution in [2.24, 2.45) is 11.1 Å². The van der Waals surface area contributed by atoms with Crippen LogP contribution in [-0.4, -0.2) is 4.92 Å². The Morgan fingerprint density at radius 3 is 2.40 bits per heavy atom. The Kier molecular flexibility index (Phi) is 1.88. The molecule has 1 unspecified atom stereocenters. The number of nitrogens with two attached hydrogens (primary N) is 1. The lowest BCUT2D eigenvalue weighted by molar-refractivity contribution is -0.385. The molecule has 15 heavy (non-hydrogen) atoms. The lowest BCUT2D eigenvalue weighted by Gasteiger charge is -2.15. The number of para-hydroxylation sites is 1. The first-order chi connectivity index (χ1) is 6.88. The smallest absolute Gasteiger partial charge is 0.274 e. The Morgan fingerprint density at radius 1 is 1.40 bits per heavy atom. The van der Waals surface area contributed by atoms with Crippen LogP contribution in [0.5, 0.6) is 0 Å². The Hall–Kier alpha value is -1.42. The largest absolute Gasteiger partial charge is 0.321 e. The molecule has 1 fully saturated rings. The zero-order chi connectivity index (χ0) is 11.3. The second kappa shape index (κ2) is 2.79. The predicted octanol–water partition coefficient (Wildman–Crippen LogP) is 2.18. The molecule has 1 aliphatic rings. The van der Waals surface area contributed by atoms with E-state index in [9.17, 15) is 10.1 Å². The van der Waals surface area contributed by atoms with Crippen molar-refractivity contribution in [1.29, 1.82) is 0 Å². The van der Waals surface area contributed by atoms with E-state index in [1.165, 1.54) is 6.07 Å². The van der Waals surface area contributed by atoms with Gasteiger partial charge in [0, 0.05) is 6.07 Å². The fraction of sp³-hybridized carbons (Fsp3) is 0.455. The van der Waals surface area contributed by atoms with Gasteiger partial charge in [-0.1, -0.05) is 32.0 Å². The lowest BCUT2D eigenvalue weighted by Crippen LogP contribution is -2.26. The molecule has 0 amide bonds. The number of rotatable bonds is 2. The average molecular weight is 206 g/mol. The zero-order valence-corrected chi connectivity index (χ0v) is 8.86. The summed E-state index contributed by atoms with van der Waals surface area (Å²) in [7, 11) is 0. The molecule has 0 bridgehead atoms. The molecule has 0 aliphatic heterocycles. The van der Waals surface area contributed by atoms with Crippen LogP contribution in [0.25, 0.3) is 0 Å². The van der Waals surface area contributed by atoms with Gasteiger partial charge >= 0.3 is 0 Å². The van der Waals surface area contributed by atoms with E-state index in [0.29, 0.717) is 5.56 Å². The molecule has 80 valence electrons.